The summed E-state index contributed by atoms with van der Waals surface area (Å²) in [7, 11) is 2.14. The molecule has 1 aromatic heterocycles. The number of aryl methyl sites for hydroxylation is 1. The molecule has 2 unspecified atom stereocenters. The third kappa shape index (κ3) is 3.72. The Balaban J connectivity index is 2.76. The number of nitrogens with zero attached hydrogens (tertiary/aromatic N) is 3. The monoisotopic (exact) mass is 256 g/mol. The highest BCUT2D eigenvalue weighted by molar-refractivity contribution is 7.98. The Bertz CT molecular complexity index is 326. The zero-order valence-corrected chi connectivity index (χ0v) is 12.1. The summed E-state index contributed by atoms with van der Waals surface area (Å²) in [5.41, 5.74) is 7.12. The maximum Gasteiger partial charge on any atom is 0.0538 e. The number of thioether (sulfide) groups is 1. The third-order valence-electron chi connectivity index (χ3n) is 3.18. The van der Waals surface area contributed by atoms with Gasteiger partial charge in [-0.05, 0) is 27.2 Å². The van der Waals surface area contributed by atoms with E-state index >= 15 is 0 Å². The predicted octanol–water partition coefficient (Wildman–Crippen LogP) is 1.59. The highest BCUT2D eigenvalue weighted by Crippen LogP contribution is 2.21. The van der Waals surface area contributed by atoms with Crippen LogP contribution in [0, 0.1) is 0 Å². The minimum absolute atomic E-state index is 0.262. The lowest BCUT2D eigenvalue weighted by Crippen LogP contribution is -2.38. The van der Waals surface area contributed by atoms with Gasteiger partial charge in [0.05, 0.1) is 12.2 Å². The fourth-order valence-electron chi connectivity index (χ4n) is 1.93. The molecule has 1 heterocycles. The predicted molar refractivity (Wildman–Crippen MR) is 75.3 cm³/mol. The van der Waals surface area contributed by atoms with Crippen LogP contribution in [0.25, 0.3) is 0 Å². The molecule has 98 valence electrons. The Hall–Kier alpha value is -0.520. The molecule has 17 heavy (non-hydrogen) atoms. The molecule has 0 amide bonds. The molecule has 0 aromatic carbocycles. The second-order valence-corrected chi connectivity index (χ2v) is 5.26. The van der Waals surface area contributed by atoms with Crippen LogP contribution in [0.1, 0.15) is 25.5 Å². The van der Waals surface area contributed by atoms with E-state index in [1.807, 2.05) is 22.6 Å². The van der Waals surface area contributed by atoms with Crippen LogP contribution in [-0.4, -0.2) is 46.3 Å². The van der Waals surface area contributed by atoms with Crippen LogP contribution in [0.5, 0.6) is 0 Å². The molecule has 0 radical (unpaired) electrons. The molecule has 2 atom stereocenters. The highest BCUT2D eigenvalue weighted by Gasteiger charge is 2.21. The van der Waals surface area contributed by atoms with Gasteiger partial charge in [0, 0.05) is 36.6 Å². The first-order valence-corrected chi connectivity index (χ1v) is 7.46. The topological polar surface area (TPSA) is 47.1 Å². The van der Waals surface area contributed by atoms with Crippen LogP contribution >= 0.6 is 11.8 Å². The Morgan fingerprint density at radius 1 is 1.59 bits per heavy atom. The Kier molecular flexibility index (Phi) is 6.02. The molecule has 2 N–H and O–H groups in total. The van der Waals surface area contributed by atoms with Crippen molar-refractivity contribution in [2.24, 2.45) is 5.73 Å². The Morgan fingerprint density at radius 2 is 2.29 bits per heavy atom. The molecule has 0 aliphatic heterocycles. The molecule has 0 aliphatic carbocycles. The molecule has 0 fully saturated rings. The summed E-state index contributed by atoms with van der Waals surface area (Å²) < 4.78 is 1.95. The number of rotatable bonds is 7. The van der Waals surface area contributed by atoms with Gasteiger partial charge in [-0.15, -0.1) is 0 Å². The summed E-state index contributed by atoms with van der Waals surface area (Å²) in [5.74, 6) is 1.12. The molecule has 0 bridgehead atoms. The number of likely N-dealkylation sites (N-methyl/N-ethyl adjacent to an activating group) is 1. The van der Waals surface area contributed by atoms with Gasteiger partial charge >= 0.3 is 0 Å². The van der Waals surface area contributed by atoms with Crippen molar-refractivity contribution < 1.29 is 0 Å². The zero-order chi connectivity index (χ0) is 12.8. The summed E-state index contributed by atoms with van der Waals surface area (Å²) in [6, 6.07) is 0.779. The van der Waals surface area contributed by atoms with Gasteiger partial charge in [0.2, 0.25) is 0 Å². The summed E-state index contributed by atoms with van der Waals surface area (Å²) in [6.07, 6.45) is 6.17. The molecule has 1 aromatic rings. The van der Waals surface area contributed by atoms with Crippen LogP contribution < -0.4 is 5.73 Å². The lowest BCUT2D eigenvalue weighted by molar-refractivity contribution is 0.204. The summed E-state index contributed by atoms with van der Waals surface area (Å²) >= 11 is 1.87. The number of nitrogens with two attached hydrogens (primary N) is 1. The van der Waals surface area contributed by atoms with Crippen LogP contribution in [0.3, 0.4) is 0 Å². The SMILES string of the molecule is CCn1cc(C(CN)N(C)C(C)CSC)cn1. The van der Waals surface area contributed by atoms with Crippen molar-refractivity contribution in [3.63, 3.8) is 0 Å². The first-order valence-electron chi connectivity index (χ1n) is 6.07. The molecule has 0 spiro atoms. The second-order valence-electron chi connectivity index (χ2n) is 4.35. The maximum atomic E-state index is 5.90. The van der Waals surface area contributed by atoms with Gasteiger partial charge in [-0.3, -0.25) is 9.58 Å². The van der Waals surface area contributed by atoms with Gasteiger partial charge in [-0.2, -0.15) is 16.9 Å². The van der Waals surface area contributed by atoms with Crippen LogP contribution in [0.15, 0.2) is 12.4 Å². The van der Waals surface area contributed by atoms with Crippen molar-refractivity contribution in [2.75, 3.05) is 25.6 Å². The second kappa shape index (κ2) is 7.03. The van der Waals surface area contributed by atoms with Crippen molar-refractivity contribution in [3.05, 3.63) is 18.0 Å². The Labute approximate surface area is 109 Å². The zero-order valence-electron chi connectivity index (χ0n) is 11.3. The lowest BCUT2D eigenvalue weighted by atomic mass is 10.1. The summed E-state index contributed by atoms with van der Waals surface area (Å²) in [5, 5.41) is 4.32. The smallest absolute Gasteiger partial charge is 0.0538 e. The van der Waals surface area contributed by atoms with E-state index in [2.05, 4.69) is 43.3 Å². The molecule has 0 aliphatic rings. The van der Waals surface area contributed by atoms with Gasteiger partial charge in [-0.1, -0.05) is 0 Å². The molecule has 5 heteroatoms. The van der Waals surface area contributed by atoms with Gasteiger partial charge in [0.15, 0.2) is 0 Å². The fourth-order valence-corrected chi connectivity index (χ4v) is 2.65. The average molecular weight is 256 g/mol. The average Bonchev–Trinajstić information content (AvgIpc) is 2.79. The largest absolute Gasteiger partial charge is 0.329 e. The summed E-state index contributed by atoms with van der Waals surface area (Å²) in [6.45, 7) is 5.86. The third-order valence-corrected chi connectivity index (χ3v) is 4.00. The number of hydrogen-bond donors (Lipinski definition) is 1. The molecule has 0 saturated carbocycles. The Morgan fingerprint density at radius 3 is 2.76 bits per heavy atom. The van der Waals surface area contributed by atoms with Crippen molar-refractivity contribution in [2.45, 2.75) is 32.5 Å². The fraction of sp³-hybridized carbons (Fsp3) is 0.750. The number of aromatic nitrogens is 2. The molecule has 0 saturated heterocycles. The van der Waals surface area contributed by atoms with Crippen LogP contribution in [0.2, 0.25) is 0 Å². The lowest BCUT2D eigenvalue weighted by Gasteiger charge is -2.31. The molecular formula is C12H24N4S. The highest BCUT2D eigenvalue weighted by atomic mass is 32.2. The van der Waals surface area contributed by atoms with Crippen molar-refractivity contribution >= 4 is 11.8 Å². The van der Waals surface area contributed by atoms with E-state index in [1.165, 1.54) is 5.56 Å². The van der Waals surface area contributed by atoms with E-state index < -0.39 is 0 Å². The summed E-state index contributed by atoms with van der Waals surface area (Å²) in [4.78, 5) is 2.34. The van der Waals surface area contributed by atoms with Crippen molar-refractivity contribution in [1.82, 2.24) is 14.7 Å². The van der Waals surface area contributed by atoms with Crippen LogP contribution in [0.4, 0.5) is 0 Å². The van der Waals surface area contributed by atoms with E-state index in [9.17, 15) is 0 Å². The number of hydrogen-bond acceptors (Lipinski definition) is 4. The van der Waals surface area contributed by atoms with E-state index in [-0.39, 0.29) is 6.04 Å². The first kappa shape index (κ1) is 14.5. The minimum atomic E-state index is 0.262. The van der Waals surface area contributed by atoms with Gasteiger partial charge in [-0.25, -0.2) is 0 Å². The van der Waals surface area contributed by atoms with Crippen molar-refractivity contribution in [1.29, 1.82) is 0 Å². The van der Waals surface area contributed by atoms with E-state index in [4.69, 9.17) is 5.73 Å². The molecule has 1 rings (SSSR count). The van der Waals surface area contributed by atoms with Gasteiger partial charge in [0.1, 0.15) is 0 Å². The van der Waals surface area contributed by atoms with E-state index in [0.717, 1.165) is 12.3 Å². The first-order chi connectivity index (χ1) is 8.13. The molecule has 4 nitrogen and oxygen atoms in total. The molecular weight excluding hydrogens is 232 g/mol. The maximum absolute atomic E-state index is 5.90. The normalized spacial score (nSPS) is 15.2. The quantitative estimate of drug-likeness (QED) is 0.805. The van der Waals surface area contributed by atoms with Crippen LogP contribution in [-0.2, 0) is 6.54 Å². The van der Waals surface area contributed by atoms with Gasteiger partial charge in [0.25, 0.3) is 0 Å². The standard InChI is InChI=1S/C12H24N4S/c1-5-16-8-11(7-14-16)12(6-13)15(3)10(2)9-17-4/h7-8,10,12H,5-6,9,13H2,1-4H3. The van der Waals surface area contributed by atoms with Gasteiger partial charge < -0.3 is 5.73 Å². The van der Waals surface area contributed by atoms with E-state index in [1.54, 1.807) is 0 Å². The minimum Gasteiger partial charge on any atom is -0.329 e. The van der Waals surface area contributed by atoms with Crippen molar-refractivity contribution in [3.8, 4) is 0 Å². The van der Waals surface area contributed by atoms with E-state index in [0.29, 0.717) is 12.6 Å².